The van der Waals surface area contributed by atoms with E-state index in [1.54, 1.807) is 19.2 Å². The number of unbranched alkanes of at least 4 members (excludes halogenated alkanes) is 3. The number of aldehydes is 1. The Bertz CT molecular complexity index is 347. The third kappa shape index (κ3) is 4.10. The summed E-state index contributed by atoms with van der Waals surface area (Å²) in [6.07, 6.45) is 5.43. The van der Waals surface area contributed by atoms with E-state index < -0.39 is 0 Å². The molecule has 0 unspecified atom stereocenters. The van der Waals surface area contributed by atoms with Crippen molar-refractivity contribution >= 4 is 6.29 Å². The van der Waals surface area contributed by atoms with Gasteiger partial charge in [-0.05, 0) is 18.6 Å². The van der Waals surface area contributed by atoms with Crippen molar-refractivity contribution < 1.29 is 14.3 Å². The molecular weight excluding hydrogens is 216 g/mol. The zero-order valence-corrected chi connectivity index (χ0v) is 10.6. The molecule has 0 aliphatic rings. The molecule has 0 saturated carbocycles. The number of carbonyl (C=O) groups is 1. The molecule has 3 heteroatoms. The predicted molar refractivity (Wildman–Crippen MR) is 68.0 cm³/mol. The van der Waals surface area contributed by atoms with Gasteiger partial charge in [-0.2, -0.15) is 0 Å². The number of benzene rings is 1. The average Bonchev–Trinajstić information content (AvgIpc) is 2.38. The second-order valence-electron chi connectivity index (χ2n) is 3.91. The minimum Gasteiger partial charge on any atom is -0.492 e. The first-order valence-corrected chi connectivity index (χ1v) is 6.08. The van der Waals surface area contributed by atoms with Crippen LogP contribution < -0.4 is 9.47 Å². The summed E-state index contributed by atoms with van der Waals surface area (Å²) in [6, 6.07) is 5.34. The van der Waals surface area contributed by atoms with Gasteiger partial charge in [0.1, 0.15) is 0 Å². The van der Waals surface area contributed by atoms with Gasteiger partial charge in [0.25, 0.3) is 0 Å². The summed E-state index contributed by atoms with van der Waals surface area (Å²) in [5.74, 6) is 1.17. The van der Waals surface area contributed by atoms with E-state index in [9.17, 15) is 4.79 Å². The van der Waals surface area contributed by atoms with Gasteiger partial charge in [0.2, 0.25) is 0 Å². The minimum atomic E-state index is 0.526. The lowest BCUT2D eigenvalue weighted by atomic mass is 10.2. The second kappa shape index (κ2) is 7.71. The topological polar surface area (TPSA) is 35.5 Å². The van der Waals surface area contributed by atoms with Gasteiger partial charge in [0, 0.05) is 0 Å². The molecule has 0 radical (unpaired) electrons. The van der Waals surface area contributed by atoms with E-state index in [0.717, 1.165) is 12.7 Å². The van der Waals surface area contributed by atoms with Gasteiger partial charge in [0.15, 0.2) is 17.8 Å². The van der Waals surface area contributed by atoms with E-state index in [1.807, 2.05) is 6.07 Å². The Morgan fingerprint density at radius 3 is 2.71 bits per heavy atom. The Morgan fingerprint density at radius 1 is 1.24 bits per heavy atom. The van der Waals surface area contributed by atoms with Crippen LogP contribution in [0.1, 0.15) is 43.0 Å². The Hall–Kier alpha value is -1.51. The molecule has 3 nitrogen and oxygen atoms in total. The van der Waals surface area contributed by atoms with E-state index in [-0.39, 0.29) is 0 Å². The molecule has 17 heavy (non-hydrogen) atoms. The SMILES string of the molecule is CCCCCCOc1cccc(C=O)c1OC. The van der Waals surface area contributed by atoms with Crippen molar-refractivity contribution in [3.63, 3.8) is 0 Å². The van der Waals surface area contributed by atoms with Gasteiger partial charge < -0.3 is 9.47 Å². The van der Waals surface area contributed by atoms with Crippen LogP contribution in [0.4, 0.5) is 0 Å². The first kappa shape index (κ1) is 13.6. The molecule has 1 aromatic carbocycles. The highest BCUT2D eigenvalue weighted by Gasteiger charge is 2.08. The van der Waals surface area contributed by atoms with Crippen molar-refractivity contribution in [3.8, 4) is 11.5 Å². The minimum absolute atomic E-state index is 0.526. The van der Waals surface area contributed by atoms with Gasteiger partial charge in [-0.15, -0.1) is 0 Å². The fourth-order valence-electron chi connectivity index (χ4n) is 1.67. The Kier molecular flexibility index (Phi) is 6.15. The molecule has 0 amide bonds. The monoisotopic (exact) mass is 236 g/mol. The van der Waals surface area contributed by atoms with Gasteiger partial charge in [-0.1, -0.05) is 32.3 Å². The molecule has 0 heterocycles. The Labute approximate surface area is 103 Å². The number of hydrogen-bond acceptors (Lipinski definition) is 3. The lowest BCUT2D eigenvalue weighted by molar-refractivity contribution is 0.111. The number of para-hydroxylation sites is 1. The van der Waals surface area contributed by atoms with Crippen LogP contribution >= 0.6 is 0 Å². The molecule has 0 fully saturated rings. The quantitative estimate of drug-likeness (QED) is 0.512. The molecular formula is C14H20O3. The molecule has 1 aromatic rings. The number of methoxy groups -OCH3 is 1. The molecule has 0 saturated heterocycles. The molecule has 94 valence electrons. The molecule has 0 atom stereocenters. The fraction of sp³-hybridized carbons (Fsp3) is 0.500. The maximum atomic E-state index is 10.8. The maximum absolute atomic E-state index is 10.8. The fourth-order valence-corrected chi connectivity index (χ4v) is 1.67. The Morgan fingerprint density at radius 2 is 2.06 bits per heavy atom. The predicted octanol–water partition coefficient (Wildman–Crippen LogP) is 3.47. The van der Waals surface area contributed by atoms with Crippen molar-refractivity contribution in [1.29, 1.82) is 0 Å². The van der Waals surface area contributed by atoms with Crippen molar-refractivity contribution in [1.82, 2.24) is 0 Å². The molecule has 0 bridgehead atoms. The highest BCUT2D eigenvalue weighted by molar-refractivity contribution is 5.81. The van der Waals surface area contributed by atoms with E-state index >= 15 is 0 Å². The summed E-state index contributed by atoms with van der Waals surface area (Å²) in [5, 5.41) is 0. The third-order valence-corrected chi connectivity index (χ3v) is 2.60. The van der Waals surface area contributed by atoms with Crippen LogP contribution in [0.25, 0.3) is 0 Å². The van der Waals surface area contributed by atoms with Gasteiger partial charge in [-0.25, -0.2) is 0 Å². The van der Waals surface area contributed by atoms with Crippen LogP contribution in [0.2, 0.25) is 0 Å². The van der Waals surface area contributed by atoms with Gasteiger partial charge in [0.05, 0.1) is 19.3 Å². The molecule has 0 spiro atoms. The number of carbonyl (C=O) groups excluding carboxylic acids is 1. The van der Waals surface area contributed by atoms with E-state index in [2.05, 4.69) is 6.92 Å². The number of hydrogen-bond donors (Lipinski definition) is 0. The standard InChI is InChI=1S/C14H20O3/c1-3-4-5-6-10-17-13-9-7-8-12(11-15)14(13)16-2/h7-9,11H,3-6,10H2,1-2H3. The van der Waals surface area contributed by atoms with Crippen LogP contribution in [0.15, 0.2) is 18.2 Å². The van der Waals surface area contributed by atoms with Crippen LogP contribution in [0, 0.1) is 0 Å². The largest absolute Gasteiger partial charge is 0.492 e. The van der Waals surface area contributed by atoms with Crippen LogP contribution in [-0.2, 0) is 0 Å². The van der Waals surface area contributed by atoms with Crippen molar-refractivity contribution in [2.75, 3.05) is 13.7 Å². The van der Waals surface area contributed by atoms with Crippen LogP contribution in [0.5, 0.6) is 11.5 Å². The van der Waals surface area contributed by atoms with Gasteiger partial charge in [-0.3, -0.25) is 4.79 Å². The smallest absolute Gasteiger partial charge is 0.171 e. The second-order valence-corrected chi connectivity index (χ2v) is 3.91. The summed E-state index contributed by atoms with van der Waals surface area (Å²) in [5.41, 5.74) is 0.526. The number of ether oxygens (including phenoxy) is 2. The third-order valence-electron chi connectivity index (χ3n) is 2.60. The normalized spacial score (nSPS) is 10.0. The molecule has 0 aliphatic carbocycles. The van der Waals surface area contributed by atoms with E-state index in [4.69, 9.17) is 9.47 Å². The van der Waals surface area contributed by atoms with Crippen LogP contribution in [-0.4, -0.2) is 20.0 Å². The summed E-state index contributed by atoms with van der Waals surface area (Å²) < 4.78 is 10.8. The zero-order chi connectivity index (χ0) is 12.5. The Balaban J connectivity index is 2.55. The van der Waals surface area contributed by atoms with E-state index in [1.165, 1.54) is 19.3 Å². The van der Waals surface area contributed by atoms with E-state index in [0.29, 0.717) is 23.7 Å². The highest BCUT2D eigenvalue weighted by Crippen LogP contribution is 2.29. The van der Waals surface area contributed by atoms with Crippen molar-refractivity contribution in [3.05, 3.63) is 23.8 Å². The molecule has 0 aromatic heterocycles. The highest BCUT2D eigenvalue weighted by atomic mass is 16.5. The molecule has 0 N–H and O–H groups in total. The summed E-state index contributed by atoms with van der Waals surface area (Å²) in [4.78, 5) is 10.8. The summed E-state index contributed by atoms with van der Waals surface area (Å²) >= 11 is 0. The van der Waals surface area contributed by atoms with Crippen molar-refractivity contribution in [2.24, 2.45) is 0 Å². The maximum Gasteiger partial charge on any atom is 0.171 e. The van der Waals surface area contributed by atoms with Crippen LogP contribution in [0.3, 0.4) is 0 Å². The van der Waals surface area contributed by atoms with Gasteiger partial charge >= 0.3 is 0 Å². The number of rotatable bonds is 8. The average molecular weight is 236 g/mol. The summed E-state index contributed by atoms with van der Waals surface area (Å²) in [7, 11) is 1.55. The molecule has 0 aliphatic heterocycles. The lowest BCUT2D eigenvalue weighted by Crippen LogP contribution is -2.01. The zero-order valence-electron chi connectivity index (χ0n) is 10.6. The van der Waals surface area contributed by atoms with Crippen molar-refractivity contribution in [2.45, 2.75) is 32.6 Å². The lowest BCUT2D eigenvalue weighted by Gasteiger charge is -2.11. The first-order chi connectivity index (χ1) is 8.33. The first-order valence-electron chi connectivity index (χ1n) is 6.08. The summed E-state index contributed by atoms with van der Waals surface area (Å²) in [6.45, 7) is 2.84. The molecule has 1 rings (SSSR count).